The normalized spacial score (nSPS) is 14.5. The maximum Gasteiger partial charge on any atom is 0.269 e. The first-order chi connectivity index (χ1) is 10.6. The molecule has 0 aliphatic carbocycles. The van der Waals surface area contributed by atoms with Gasteiger partial charge in [-0.3, -0.25) is 9.59 Å². The van der Waals surface area contributed by atoms with E-state index in [0.717, 1.165) is 12.2 Å². The van der Waals surface area contributed by atoms with Gasteiger partial charge in [0.2, 0.25) is 5.91 Å². The third-order valence-electron chi connectivity index (χ3n) is 3.45. The van der Waals surface area contributed by atoms with Gasteiger partial charge in [-0.15, -0.1) is 0 Å². The molecular weight excluding hydrogens is 282 g/mol. The zero-order valence-corrected chi connectivity index (χ0v) is 13.0. The minimum Gasteiger partial charge on any atom is -0.494 e. The Morgan fingerprint density at radius 3 is 2.73 bits per heavy atom. The molecule has 0 fully saturated rings. The molecule has 0 unspecified atom stereocenters. The number of hydrogen-bond donors (Lipinski definition) is 0. The first-order valence-electron chi connectivity index (χ1n) is 7.35. The van der Waals surface area contributed by atoms with Crippen LogP contribution in [0.3, 0.4) is 0 Å². The van der Waals surface area contributed by atoms with Crippen molar-refractivity contribution >= 4 is 17.5 Å². The van der Waals surface area contributed by atoms with Crippen LogP contribution in [0, 0.1) is 0 Å². The molecule has 6 nitrogen and oxygen atoms in total. The van der Waals surface area contributed by atoms with Crippen LogP contribution < -0.4 is 4.74 Å². The second-order valence-corrected chi connectivity index (χ2v) is 5.21. The monoisotopic (exact) mass is 303 g/mol. The second-order valence-electron chi connectivity index (χ2n) is 5.21. The highest BCUT2D eigenvalue weighted by Crippen LogP contribution is 2.10. The van der Waals surface area contributed by atoms with Gasteiger partial charge >= 0.3 is 0 Å². The standard InChI is InChI=1S/C16H21N3O3/c1-18(11-6-12-22-13-7-4-3-5-8-13)16(21)14-9-10-15(20)19(2)17-14/h3-5,7-8H,6,9-12H2,1-2H3. The third-order valence-corrected chi connectivity index (χ3v) is 3.45. The van der Waals surface area contributed by atoms with Gasteiger partial charge in [0, 0.05) is 33.5 Å². The van der Waals surface area contributed by atoms with Crippen LogP contribution in [0.4, 0.5) is 0 Å². The fourth-order valence-corrected chi connectivity index (χ4v) is 2.15. The topological polar surface area (TPSA) is 62.2 Å². The molecule has 1 aliphatic rings. The van der Waals surface area contributed by atoms with Crippen molar-refractivity contribution in [1.29, 1.82) is 0 Å². The van der Waals surface area contributed by atoms with E-state index in [9.17, 15) is 9.59 Å². The summed E-state index contributed by atoms with van der Waals surface area (Å²) in [5.74, 6) is 0.641. The van der Waals surface area contributed by atoms with Gasteiger partial charge in [-0.2, -0.15) is 5.10 Å². The number of carbonyl (C=O) groups is 2. The van der Waals surface area contributed by atoms with Crippen molar-refractivity contribution in [3.05, 3.63) is 30.3 Å². The minimum atomic E-state index is -0.126. The van der Waals surface area contributed by atoms with Gasteiger partial charge < -0.3 is 9.64 Å². The molecule has 6 heteroatoms. The van der Waals surface area contributed by atoms with Gasteiger partial charge in [-0.05, 0) is 18.6 Å². The summed E-state index contributed by atoms with van der Waals surface area (Å²) in [6, 6.07) is 9.58. The summed E-state index contributed by atoms with van der Waals surface area (Å²) in [4.78, 5) is 25.2. The molecule has 0 aromatic heterocycles. The Morgan fingerprint density at radius 2 is 2.05 bits per heavy atom. The number of hydrogen-bond acceptors (Lipinski definition) is 4. The Hall–Kier alpha value is -2.37. The van der Waals surface area contributed by atoms with Crippen molar-refractivity contribution in [3.8, 4) is 5.75 Å². The summed E-state index contributed by atoms with van der Waals surface area (Å²) in [5, 5.41) is 5.28. The summed E-state index contributed by atoms with van der Waals surface area (Å²) >= 11 is 0. The number of amides is 2. The van der Waals surface area contributed by atoms with E-state index in [2.05, 4.69) is 5.10 Å². The molecule has 1 aromatic rings. The molecule has 22 heavy (non-hydrogen) atoms. The molecular formula is C16H21N3O3. The minimum absolute atomic E-state index is 0.0598. The summed E-state index contributed by atoms with van der Waals surface area (Å²) in [7, 11) is 3.31. The zero-order valence-electron chi connectivity index (χ0n) is 13.0. The van der Waals surface area contributed by atoms with Gasteiger partial charge in [0.25, 0.3) is 5.91 Å². The van der Waals surface area contributed by atoms with Gasteiger partial charge in [0.1, 0.15) is 11.5 Å². The number of rotatable bonds is 6. The third kappa shape index (κ3) is 4.31. The highest BCUT2D eigenvalue weighted by molar-refractivity contribution is 6.39. The largest absolute Gasteiger partial charge is 0.494 e. The zero-order chi connectivity index (χ0) is 15.9. The fraction of sp³-hybridized carbons (Fsp3) is 0.438. The van der Waals surface area contributed by atoms with Crippen LogP contribution in [0.25, 0.3) is 0 Å². The average Bonchev–Trinajstić information content (AvgIpc) is 2.54. The molecule has 0 bridgehead atoms. The van der Waals surface area contributed by atoms with Crippen LogP contribution in [0.1, 0.15) is 19.3 Å². The Bertz CT molecular complexity index is 557. The van der Waals surface area contributed by atoms with Crippen molar-refractivity contribution in [3.63, 3.8) is 0 Å². The van der Waals surface area contributed by atoms with E-state index < -0.39 is 0 Å². The highest BCUT2D eigenvalue weighted by atomic mass is 16.5. The van der Waals surface area contributed by atoms with Gasteiger partial charge in [0.05, 0.1) is 6.61 Å². The highest BCUT2D eigenvalue weighted by Gasteiger charge is 2.23. The SMILES string of the molecule is CN(CCCOc1ccccc1)C(=O)C1=NN(C)C(=O)CC1. The molecule has 1 heterocycles. The molecule has 0 atom stereocenters. The number of carbonyl (C=O) groups excluding carboxylic acids is 2. The first kappa shape index (κ1) is 16.0. The lowest BCUT2D eigenvalue weighted by atomic mass is 10.1. The number of hydrazone groups is 1. The number of nitrogens with zero attached hydrogens (tertiary/aromatic N) is 3. The van der Waals surface area contributed by atoms with Crippen molar-refractivity contribution in [2.75, 3.05) is 27.2 Å². The summed E-state index contributed by atoms with van der Waals surface area (Å²) < 4.78 is 5.59. The number of para-hydroxylation sites is 1. The average molecular weight is 303 g/mol. The van der Waals surface area contributed by atoms with Crippen LogP contribution >= 0.6 is 0 Å². The summed E-state index contributed by atoms with van der Waals surface area (Å²) in [6.45, 7) is 1.13. The van der Waals surface area contributed by atoms with Gasteiger partial charge in [-0.25, -0.2) is 5.01 Å². The first-order valence-corrected chi connectivity index (χ1v) is 7.35. The molecule has 2 amide bonds. The predicted molar refractivity (Wildman–Crippen MR) is 83.6 cm³/mol. The van der Waals surface area contributed by atoms with Crippen molar-refractivity contribution in [2.24, 2.45) is 5.10 Å². The Balaban J connectivity index is 1.75. The maximum atomic E-state index is 12.2. The molecule has 0 saturated heterocycles. The van der Waals surface area contributed by atoms with Crippen LogP contribution in [-0.2, 0) is 9.59 Å². The van der Waals surface area contributed by atoms with E-state index in [-0.39, 0.29) is 11.8 Å². The van der Waals surface area contributed by atoms with Crippen LogP contribution in [0.5, 0.6) is 5.75 Å². The van der Waals surface area contributed by atoms with Crippen LogP contribution in [-0.4, -0.2) is 54.7 Å². The van der Waals surface area contributed by atoms with Crippen molar-refractivity contribution in [1.82, 2.24) is 9.91 Å². The fourth-order valence-electron chi connectivity index (χ4n) is 2.15. The number of ether oxygens (including phenoxy) is 1. The quantitative estimate of drug-likeness (QED) is 0.749. The second kappa shape index (κ2) is 7.59. The van der Waals surface area contributed by atoms with E-state index in [0.29, 0.717) is 31.7 Å². The lowest BCUT2D eigenvalue weighted by molar-refractivity contribution is -0.130. The lowest BCUT2D eigenvalue weighted by Crippen LogP contribution is -2.39. The summed E-state index contributed by atoms with van der Waals surface area (Å²) in [5.41, 5.74) is 0.438. The van der Waals surface area contributed by atoms with E-state index in [1.807, 2.05) is 30.3 Å². The van der Waals surface area contributed by atoms with Crippen LogP contribution in [0.15, 0.2) is 35.4 Å². The van der Waals surface area contributed by atoms with E-state index in [1.165, 1.54) is 5.01 Å². The Morgan fingerprint density at radius 1 is 1.32 bits per heavy atom. The van der Waals surface area contributed by atoms with Gasteiger partial charge in [0.15, 0.2) is 0 Å². The van der Waals surface area contributed by atoms with E-state index >= 15 is 0 Å². The van der Waals surface area contributed by atoms with Crippen molar-refractivity contribution < 1.29 is 14.3 Å². The van der Waals surface area contributed by atoms with Crippen molar-refractivity contribution in [2.45, 2.75) is 19.3 Å². The van der Waals surface area contributed by atoms with E-state index in [4.69, 9.17) is 4.74 Å². The molecule has 1 aliphatic heterocycles. The molecule has 118 valence electrons. The van der Waals surface area contributed by atoms with Crippen LogP contribution in [0.2, 0.25) is 0 Å². The molecule has 0 radical (unpaired) electrons. The number of benzene rings is 1. The van der Waals surface area contributed by atoms with E-state index in [1.54, 1.807) is 19.0 Å². The molecule has 0 spiro atoms. The molecule has 0 saturated carbocycles. The summed E-state index contributed by atoms with van der Waals surface area (Å²) in [6.07, 6.45) is 1.48. The Labute approximate surface area is 130 Å². The molecule has 2 rings (SSSR count). The maximum absolute atomic E-state index is 12.2. The smallest absolute Gasteiger partial charge is 0.269 e. The lowest BCUT2D eigenvalue weighted by Gasteiger charge is -2.23. The Kier molecular flexibility index (Phi) is 5.52. The van der Waals surface area contributed by atoms with Gasteiger partial charge in [-0.1, -0.05) is 18.2 Å². The molecule has 1 aromatic carbocycles. The molecule has 0 N–H and O–H groups in total. The predicted octanol–water partition coefficient (Wildman–Crippen LogP) is 1.52.